The third kappa shape index (κ3) is 4.27. The highest BCUT2D eigenvalue weighted by Crippen LogP contribution is 2.46. The van der Waals surface area contributed by atoms with Gasteiger partial charge >= 0.3 is 6.18 Å². The minimum absolute atomic E-state index is 0.0645. The fraction of sp³-hybridized carbons (Fsp3) is 0.0976. The summed E-state index contributed by atoms with van der Waals surface area (Å²) in [5.41, 5.74) is 6.97. The van der Waals surface area contributed by atoms with E-state index >= 15 is 0 Å². The second-order valence-electron chi connectivity index (χ2n) is 12.2. The van der Waals surface area contributed by atoms with Gasteiger partial charge in [-0.25, -0.2) is 0 Å². The second-order valence-corrected chi connectivity index (χ2v) is 12.2. The SMILES string of the molecule is Cc1ccc2c3ccccc3n(-c3ccc(-c4c(C)cccc4C(F)(F)F)c(-n4c5ccccc5c5ccc(C)cc54)c3C#N)c2c1. The van der Waals surface area contributed by atoms with Gasteiger partial charge < -0.3 is 9.13 Å². The van der Waals surface area contributed by atoms with Crippen molar-refractivity contribution in [2.24, 2.45) is 0 Å². The van der Waals surface area contributed by atoms with E-state index in [2.05, 4.69) is 34.9 Å². The van der Waals surface area contributed by atoms with Crippen LogP contribution in [0.2, 0.25) is 0 Å². The van der Waals surface area contributed by atoms with Crippen molar-refractivity contribution in [3.8, 4) is 28.6 Å². The van der Waals surface area contributed by atoms with Gasteiger partial charge in [0.1, 0.15) is 11.6 Å². The fourth-order valence-electron chi connectivity index (χ4n) is 7.23. The Labute approximate surface area is 269 Å². The highest BCUT2D eigenvalue weighted by Gasteiger charge is 2.36. The molecular weight excluding hydrogens is 591 g/mol. The summed E-state index contributed by atoms with van der Waals surface area (Å²) in [7, 11) is 0. The topological polar surface area (TPSA) is 33.6 Å². The van der Waals surface area contributed by atoms with Gasteiger partial charge in [-0.1, -0.05) is 78.9 Å². The van der Waals surface area contributed by atoms with Crippen LogP contribution in [0, 0.1) is 32.1 Å². The van der Waals surface area contributed by atoms with Crippen LogP contribution in [-0.2, 0) is 6.18 Å². The maximum atomic E-state index is 14.7. The molecule has 47 heavy (non-hydrogen) atoms. The van der Waals surface area contributed by atoms with Crippen LogP contribution in [-0.4, -0.2) is 9.13 Å². The predicted molar refractivity (Wildman–Crippen MR) is 184 cm³/mol. The summed E-state index contributed by atoms with van der Waals surface area (Å²) < 4.78 is 48.3. The number of halogens is 3. The zero-order chi connectivity index (χ0) is 32.6. The van der Waals surface area contributed by atoms with E-state index in [1.54, 1.807) is 25.1 Å². The van der Waals surface area contributed by atoms with Crippen LogP contribution in [0.1, 0.15) is 27.8 Å². The van der Waals surface area contributed by atoms with Crippen molar-refractivity contribution >= 4 is 43.6 Å². The molecule has 0 fully saturated rings. The highest BCUT2D eigenvalue weighted by atomic mass is 19.4. The monoisotopic (exact) mass is 619 g/mol. The Morgan fingerprint density at radius 1 is 0.574 bits per heavy atom. The normalized spacial score (nSPS) is 12.0. The average Bonchev–Trinajstić information content (AvgIpc) is 3.55. The molecule has 8 rings (SSSR count). The van der Waals surface area contributed by atoms with Crippen LogP contribution in [0.25, 0.3) is 66.1 Å². The lowest BCUT2D eigenvalue weighted by Crippen LogP contribution is -2.11. The fourth-order valence-corrected chi connectivity index (χ4v) is 7.23. The van der Waals surface area contributed by atoms with Crippen molar-refractivity contribution in [2.75, 3.05) is 0 Å². The minimum Gasteiger partial charge on any atom is -0.308 e. The summed E-state index contributed by atoms with van der Waals surface area (Å²) in [5, 5.41) is 15.1. The molecule has 0 bridgehead atoms. The third-order valence-electron chi connectivity index (χ3n) is 9.24. The van der Waals surface area contributed by atoms with Gasteiger partial charge in [-0.15, -0.1) is 0 Å². The maximum absolute atomic E-state index is 14.7. The predicted octanol–water partition coefficient (Wildman–Crippen LogP) is 11.4. The van der Waals surface area contributed by atoms with Gasteiger partial charge in [-0.3, -0.25) is 0 Å². The lowest BCUT2D eigenvalue weighted by Gasteiger charge is -2.23. The molecule has 0 N–H and O–H groups in total. The van der Waals surface area contributed by atoms with Crippen molar-refractivity contribution < 1.29 is 13.2 Å². The number of hydrogen-bond donors (Lipinski definition) is 0. The van der Waals surface area contributed by atoms with Crippen LogP contribution >= 0.6 is 0 Å². The number of hydrogen-bond acceptors (Lipinski definition) is 1. The van der Waals surface area contributed by atoms with Crippen LogP contribution in [0.15, 0.2) is 115 Å². The molecule has 0 unspecified atom stereocenters. The zero-order valence-electron chi connectivity index (χ0n) is 25.9. The Morgan fingerprint density at radius 3 is 1.72 bits per heavy atom. The molecule has 3 nitrogen and oxygen atoms in total. The smallest absolute Gasteiger partial charge is 0.308 e. The highest BCUT2D eigenvalue weighted by molar-refractivity contribution is 6.12. The molecule has 0 saturated carbocycles. The van der Waals surface area contributed by atoms with Crippen molar-refractivity contribution in [3.05, 3.63) is 143 Å². The quantitative estimate of drug-likeness (QED) is 0.194. The molecule has 0 aliphatic heterocycles. The minimum atomic E-state index is -4.61. The van der Waals surface area contributed by atoms with E-state index in [0.717, 1.165) is 60.8 Å². The summed E-state index contributed by atoms with van der Waals surface area (Å²) in [6.07, 6.45) is -4.61. The first-order valence-corrected chi connectivity index (χ1v) is 15.4. The number of nitriles is 1. The Balaban J connectivity index is 1.61. The van der Waals surface area contributed by atoms with Crippen molar-refractivity contribution in [3.63, 3.8) is 0 Å². The Morgan fingerprint density at radius 2 is 1.13 bits per heavy atom. The molecule has 0 spiro atoms. The number of para-hydroxylation sites is 2. The average molecular weight is 620 g/mol. The Bertz CT molecular complexity index is 2610. The van der Waals surface area contributed by atoms with Gasteiger partial charge in [0.2, 0.25) is 0 Å². The second kappa shape index (κ2) is 10.4. The molecule has 0 saturated heterocycles. The molecule has 6 heteroatoms. The molecule has 6 aromatic carbocycles. The first-order chi connectivity index (χ1) is 22.7. The number of rotatable bonds is 3. The number of aromatic nitrogens is 2. The molecule has 8 aromatic rings. The van der Waals surface area contributed by atoms with Crippen LogP contribution in [0.3, 0.4) is 0 Å². The lowest BCUT2D eigenvalue weighted by atomic mass is 9.91. The molecular formula is C41H28F3N3. The van der Waals surface area contributed by atoms with E-state index in [0.29, 0.717) is 22.5 Å². The maximum Gasteiger partial charge on any atom is 0.417 e. The molecule has 0 radical (unpaired) electrons. The van der Waals surface area contributed by atoms with Gasteiger partial charge in [0, 0.05) is 27.1 Å². The summed E-state index contributed by atoms with van der Waals surface area (Å²) in [6.45, 7) is 5.71. The van der Waals surface area contributed by atoms with E-state index < -0.39 is 11.7 Å². The van der Waals surface area contributed by atoms with Gasteiger partial charge in [0.25, 0.3) is 0 Å². The Hall–Kier alpha value is -5.80. The van der Waals surface area contributed by atoms with Crippen molar-refractivity contribution in [1.29, 1.82) is 5.26 Å². The summed E-state index contributed by atoms with van der Waals surface area (Å²) in [6, 6.07) is 38.6. The van der Waals surface area contributed by atoms with Crippen molar-refractivity contribution in [1.82, 2.24) is 9.13 Å². The first-order valence-electron chi connectivity index (χ1n) is 15.4. The standard InChI is InChI=1S/C41H28F3N3/c1-24-15-17-29-27-10-4-6-13-34(27)46(37(29)21-24)36-20-19-31(39-26(3)9-8-12-33(39)41(42,43)44)40(32(36)23-45)47-35-14-7-5-11-28(35)30-18-16-25(2)22-38(30)47/h4-22H,1-3H3. The van der Waals surface area contributed by atoms with E-state index in [-0.39, 0.29) is 11.1 Å². The molecule has 2 heterocycles. The van der Waals surface area contributed by atoms with Gasteiger partial charge in [-0.2, -0.15) is 18.4 Å². The molecule has 0 amide bonds. The molecule has 0 aliphatic rings. The summed E-state index contributed by atoms with van der Waals surface area (Å²) >= 11 is 0. The number of aryl methyl sites for hydroxylation is 3. The lowest BCUT2D eigenvalue weighted by molar-refractivity contribution is -0.137. The molecule has 228 valence electrons. The van der Waals surface area contributed by atoms with Crippen molar-refractivity contribution in [2.45, 2.75) is 26.9 Å². The van der Waals surface area contributed by atoms with Gasteiger partial charge in [0.15, 0.2) is 0 Å². The van der Waals surface area contributed by atoms with Gasteiger partial charge in [0.05, 0.1) is 39.0 Å². The first kappa shape index (κ1) is 28.7. The summed E-state index contributed by atoms with van der Waals surface area (Å²) in [4.78, 5) is 0. The number of alkyl halides is 3. The number of benzene rings is 6. The van der Waals surface area contributed by atoms with E-state index in [1.165, 1.54) is 6.07 Å². The number of nitrogens with zero attached hydrogens (tertiary/aromatic N) is 3. The van der Waals surface area contributed by atoms with E-state index in [9.17, 15) is 18.4 Å². The zero-order valence-corrected chi connectivity index (χ0v) is 25.9. The van der Waals surface area contributed by atoms with Crippen LogP contribution in [0.5, 0.6) is 0 Å². The van der Waals surface area contributed by atoms with Gasteiger partial charge in [-0.05, 0) is 79.4 Å². The Kier molecular flexibility index (Phi) is 6.32. The molecule has 2 aromatic heterocycles. The van der Waals surface area contributed by atoms with E-state index in [4.69, 9.17) is 0 Å². The summed E-state index contributed by atoms with van der Waals surface area (Å²) in [5.74, 6) is 0. The van der Waals surface area contributed by atoms with Crippen LogP contribution in [0.4, 0.5) is 13.2 Å². The van der Waals surface area contributed by atoms with E-state index in [1.807, 2.05) is 79.1 Å². The third-order valence-corrected chi connectivity index (χ3v) is 9.24. The largest absolute Gasteiger partial charge is 0.417 e. The van der Waals surface area contributed by atoms with Crippen LogP contribution < -0.4 is 0 Å². The molecule has 0 aliphatic carbocycles. The molecule has 0 atom stereocenters. The number of fused-ring (bicyclic) bond motifs is 6.